The van der Waals surface area contributed by atoms with Gasteiger partial charge in [-0.2, -0.15) is 13.2 Å². The minimum atomic E-state index is -4.39. The van der Waals surface area contributed by atoms with Crippen molar-refractivity contribution in [3.05, 3.63) is 53.7 Å². The van der Waals surface area contributed by atoms with Crippen molar-refractivity contribution in [3.63, 3.8) is 0 Å². The molecule has 2 aromatic rings. The minimum Gasteiger partial charge on any atom is -0.496 e. The Bertz CT molecular complexity index is 832. The van der Waals surface area contributed by atoms with Gasteiger partial charge in [-0.25, -0.2) is 4.98 Å². The van der Waals surface area contributed by atoms with Crippen molar-refractivity contribution in [2.24, 2.45) is 5.92 Å². The molecular weight excluding hydrogens is 383 g/mol. The first-order valence-corrected chi connectivity index (χ1v) is 9.51. The van der Waals surface area contributed by atoms with Crippen LogP contribution >= 0.6 is 0 Å². The van der Waals surface area contributed by atoms with Crippen LogP contribution in [-0.2, 0) is 11.0 Å². The summed E-state index contributed by atoms with van der Waals surface area (Å²) in [5, 5.41) is 3.04. The van der Waals surface area contributed by atoms with Gasteiger partial charge in [-0.05, 0) is 38.0 Å². The molecule has 8 heteroatoms. The number of halogens is 3. The second kappa shape index (κ2) is 8.71. The predicted molar refractivity (Wildman–Crippen MR) is 104 cm³/mol. The number of ether oxygens (including phenoxy) is 1. The summed E-state index contributed by atoms with van der Waals surface area (Å²) in [4.78, 5) is 18.5. The second-order valence-corrected chi connectivity index (χ2v) is 7.14. The predicted octanol–water partition coefficient (Wildman–Crippen LogP) is 4.20. The number of para-hydroxylation sites is 1. The van der Waals surface area contributed by atoms with E-state index < -0.39 is 11.7 Å². The molecule has 2 heterocycles. The van der Waals surface area contributed by atoms with Gasteiger partial charge in [0.15, 0.2) is 0 Å². The van der Waals surface area contributed by atoms with E-state index in [4.69, 9.17) is 4.74 Å². The van der Waals surface area contributed by atoms with Crippen LogP contribution in [0, 0.1) is 5.92 Å². The summed E-state index contributed by atoms with van der Waals surface area (Å²) in [7, 11) is 1.60. The van der Waals surface area contributed by atoms with Gasteiger partial charge in [0.25, 0.3) is 0 Å². The van der Waals surface area contributed by atoms with Crippen LogP contribution in [0.2, 0.25) is 0 Å². The summed E-state index contributed by atoms with van der Waals surface area (Å²) >= 11 is 0. The third-order valence-corrected chi connectivity index (χ3v) is 5.23. The first kappa shape index (κ1) is 21.0. The molecule has 0 spiro atoms. The van der Waals surface area contributed by atoms with Crippen LogP contribution in [-0.4, -0.2) is 31.1 Å². The number of methoxy groups -OCH3 is 1. The van der Waals surface area contributed by atoms with Crippen molar-refractivity contribution in [1.29, 1.82) is 0 Å². The fourth-order valence-corrected chi connectivity index (χ4v) is 3.54. The Morgan fingerprint density at radius 1 is 1.21 bits per heavy atom. The van der Waals surface area contributed by atoms with E-state index in [0.29, 0.717) is 31.7 Å². The van der Waals surface area contributed by atoms with Crippen LogP contribution in [0.3, 0.4) is 0 Å². The molecule has 1 fully saturated rings. The molecule has 5 nitrogen and oxygen atoms in total. The van der Waals surface area contributed by atoms with Crippen LogP contribution < -0.4 is 15.0 Å². The fourth-order valence-electron chi connectivity index (χ4n) is 3.54. The number of alkyl halides is 3. The third kappa shape index (κ3) is 4.99. The van der Waals surface area contributed by atoms with E-state index in [1.807, 2.05) is 36.1 Å². The molecule has 1 saturated heterocycles. The quantitative estimate of drug-likeness (QED) is 0.807. The highest BCUT2D eigenvalue weighted by Crippen LogP contribution is 2.30. The lowest BCUT2D eigenvalue weighted by Gasteiger charge is -2.32. The number of nitrogens with zero attached hydrogens (tertiary/aromatic N) is 2. The van der Waals surface area contributed by atoms with Gasteiger partial charge < -0.3 is 15.0 Å². The Hall–Kier alpha value is -2.77. The number of pyridine rings is 1. The van der Waals surface area contributed by atoms with E-state index in [9.17, 15) is 18.0 Å². The molecular formula is C21H24F3N3O2. The van der Waals surface area contributed by atoms with Crippen LogP contribution in [0.15, 0.2) is 42.6 Å². The molecule has 1 amide bonds. The van der Waals surface area contributed by atoms with Crippen LogP contribution in [0.25, 0.3) is 0 Å². The summed E-state index contributed by atoms with van der Waals surface area (Å²) in [5.74, 6) is 1.06. The van der Waals surface area contributed by atoms with Gasteiger partial charge >= 0.3 is 6.18 Å². The van der Waals surface area contributed by atoms with Crippen molar-refractivity contribution >= 4 is 11.7 Å². The molecule has 0 aliphatic carbocycles. The third-order valence-electron chi connectivity index (χ3n) is 5.23. The monoisotopic (exact) mass is 407 g/mol. The average molecular weight is 407 g/mol. The zero-order chi connectivity index (χ0) is 21.0. The number of carbonyl (C=O) groups is 1. The van der Waals surface area contributed by atoms with Crippen molar-refractivity contribution in [2.75, 3.05) is 25.1 Å². The van der Waals surface area contributed by atoms with Crippen LogP contribution in [0.1, 0.15) is 36.9 Å². The molecule has 3 rings (SSSR count). The highest BCUT2D eigenvalue weighted by Gasteiger charge is 2.31. The Kier molecular flexibility index (Phi) is 6.30. The Morgan fingerprint density at radius 2 is 1.90 bits per heavy atom. The first-order valence-electron chi connectivity index (χ1n) is 9.51. The molecule has 0 saturated carbocycles. The molecule has 0 radical (unpaired) electrons. The van der Waals surface area contributed by atoms with E-state index in [0.717, 1.165) is 23.6 Å². The normalized spacial score (nSPS) is 16.4. The van der Waals surface area contributed by atoms with E-state index in [-0.39, 0.29) is 17.9 Å². The number of amides is 1. The molecule has 1 aromatic heterocycles. The summed E-state index contributed by atoms with van der Waals surface area (Å²) in [5.41, 5.74) is 0.149. The zero-order valence-electron chi connectivity index (χ0n) is 16.4. The number of rotatable bonds is 5. The number of anilines is 1. The summed E-state index contributed by atoms with van der Waals surface area (Å²) in [6.45, 7) is 3.05. The number of hydrogen-bond donors (Lipinski definition) is 1. The van der Waals surface area contributed by atoms with Gasteiger partial charge in [-0.3, -0.25) is 4.79 Å². The number of carbonyl (C=O) groups excluding carboxylic acids is 1. The molecule has 1 N–H and O–H groups in total. The van der Waals surface area contributed by atoms with Gasteiger partial charge in [0.05, 0.1) is 18.7 Å². The maximum Gasteiger partial charge on any atom is 0.417 e. The zero-order valence-corrected chi connectivity index (χ0v) is 16.4. The summed E-state index contributed by atoms with van der Waals surface area (Å²) in [6, 6.07) is 9.78. The number of nitrogens with one attached hydrogen (secondary N) is 1. The maximum atomic E-state index is 12.7. The lowest BCUT2D eigenvalue weighted by molar-refractivity contribution is -0.137. The molecule has 1 aliphatic heterocycles. The van der Waals surface area contributed by atoms with E-state index in [2.05, 4.69) is 10.3 Å². The lowest BCUT2D eigenvalue weighted by Crippen LogP contribution is -2.41. The molecule has 1 aliphatic rings. The average Bonchev–Trinajstić information content (AvgIpc) is 2.73. The van der Waals surface area contributed by atoms with Crippen molar-refractivity contribution in [3.8, 4) is 5.75 Å². The Balaban J connectivity index is 1.55. The summed E-state index contributed by atoms with van der Waals surface area (Å²) < 4.78 is 43.4. The SMILES string of the molecule is COc1ccccc1[C@@H](C)NC(=O)C1CCN(c2ccc(C(F)(F)F)cn2)CC1. The number of aromatic nitrogens is 1. The standard InChI is InChI=1S/C21H24F3N3O2/c1-14(17-5-3-4-6-18(17)29-2)26-20(28)15-9-11-27(12-10-15)19-8-7-16(13-25-19)21(22,23)24/h3-8,13-15H,9-12H2,1-2H3,(H,26,28)/t14-/m1/s1. The highest BCUT2D eigenvalue weighted by molar-refractivity contribution is 5.79. The van der Waals surface area contributed by atoms with Crippen LogP contribution in [0.5, 0.6) is 5.75 Å². The number of benzene rings is 1. The van der Waals surface area contributed by atoms with E-state index in [1.165, 1.54) is 6.07 Å². The van der Waals surface area contributed by atoms with Gasteiger partial charge in [0.2, 0.25) is 5.91 Å². The topological polar surface area (TPSA) is 54.5 Å². The maximum absolute atomic E-state index is 12.7. The van der Waals surface area contributed by atoms with Gasteiger partial charge in [-0.1, -0.05) is 18.2 Å². The number of hydrogen-bond acceptors (Lipinski definition) is 4. The minimum absolute atomic E-state index is 0.0246. The molecule has 1 aromatic carbocycles. The largest absolute Gasteiger partial charge is 0.496 e. The lowest BCUT2D eigenvalue weighted by atomic mass is 9.95. The van der Waals surface area contributed by atoms with Crippen molar-refractivity contribution in [2.45, 2.75) is 32.0 Å². The van der Waals surface area contributed by atoms with Gasteiger partial charge in [-0.15, -0.1) is 0 Å². The molecule has 1 atom stereocenters. The molecule has 0 bridgehead atoms. The van der Waals surface area contributed by atoms with Crippen molar-refractivity contribution in [1.82, 2.24) is 10.3 Å². The van der Waals surface area contributed by atoms with E-state index >= 15 is 0 Å². The second-order valence-electron chi connectivity index (χ2n) is 7.14. The highest BCUT2D eigenvalue weighted by atomic mass is 19.4. The first-order chi connectivity index (χ1) is 13.8. The molecule has 29 heavy (non-hydrogen) atoms. The number of piperidine rings is 1. The summed E-state index contributed by atoms with van der Waals surface area (Å²) in [6.07, 6.45) is -2.31. The molecule has 156 valence electrons. The molecule has 0 unspecified atom stereocenters. The Morgan fingerprint density at radius 3 is 2.48 bits per heavy atom. The fraction of sp³-hybridized carbons (Fsp3) is 0.429. The van der Waals surface area contributed by atoms with Crippen molar-refractivity contribution < 1.29 is 22.7 Å². The Labute approximate surface area is 167 Å². The smallest absolute Gasteiger partial charge is 0.417 e. The van der Waals surface area contributed by atoms with E-state index in [1.54, 1.807) is 7.11 Å². The van der Waals surface area contributed by atoms with Crippen LogP contribution in [0.4, 0.5) is 19.0 Å². The van der Waals surface area contributed by atoms with Gasteiger partial charge in [0, 0.05) is 30.8 Å². The van der Waals surface area contributed by atoms with Gasteiger partial charge in [0.1, 0.15) is 11.6 Å².